The Labute approximate surface area is 149 Å². The van der Waals surface area contributed by atoms with Crippen LogP contribution < -0.4 is 5.32 Å². The van der Waals surface area contributed by atoms with Crippen molar-refractivity contribution in [3.63, 3.8) is 0 Å². The highest BCUT2D eigenvalue weighted by Crippen LogP contribution is 2.23. The summed E-state index contributed by atoms with van der Waals surface area (Å²) in [5.41, 5.74) is 1.44. The molecule has 0 aromatic heterocycles. The topological polar surface area (TPSA) is 18.5 Å². The summed E-state index contributed by atoms with van der Waals surface area (Å²) in [7, 11) is 0. The van der Waals surface area contributed by atoms with Gasteiger partial charge in [0.05, 0.1) is 0 Å². The van der Waals surface area contributed by atoms with Gasteiger partial charge in [0, 0.05) is 49.8 Å². The third-order valence-electron chi connectivity index (χ3n) is 4.87. The Balaban J connectivity index is 0.00000176. The molecule has 0 spiro atoms. The molecule has 0 radical (unpaired) electrons. The molecule has 3 nitrogen and oxygen atoms in total. The van der Waals surface area contributed by atoms with Crippen LogP contribution in [0.25, 0.3) is 0 Å². The van der Waals surface area contributed by atoms with Gasteiger partial charge in [0.1, 0.15) is 0 Å². The van der Waals surface area contributed by atoms with Crippen molar-refractivity contribution >= 4 is 28.3 Å². The minimum atomic E-state index is 0. The maximum atomic E-state index is 3.58. The first kappa shape index (κ1) is 18.2. The van der Waals surface area contributed by atoms with E-state index in [0.717, 1.165) is 19.1 Å². The van der Waals surface area contributed by atoms with Gasteiger partial charge in [0.15, 0.2) is 0 Å². The van der Waals surface area contributed by atoms with E-state index in [4.69, 9.17) is 0 Å². The zero-order valence-corrected chi connectivity index (χ0v) is 15.7. The summed E-state index contributed by atoms with van der Waals surface area (Å²) in [5, 5.41) is 3.45. The smallest absolute Gasteiger partial charge is 0.0236 e. The van der Waals surface area contributed by atoms with Crippen molar-refractivity contribution < 1.29 is 0 Å². The molecule has 0 aliphatic carbocycles. The fourth-order valence-electron chi connectivity index (χ4n) is 3.63. The molecule has 0 saturated carbocycles. The van der Waals surface area contributed by atoms with Crippen LogP contribution in [-0.4, -0.2) is 61.7 Å². The molecule has 2 unspecified atom stereocenters. The molecule has 2 fully saturated rings. The van der Waals surface area contributed by atoms with Crippen LogP contribution in [0.4, 0.5) is 0 Å². The van der Waals surface area contributed by atoms with Gasteiger partial charge in [-0.25, -0.2) is 0 Å². The normalized spacial score (nSPS) is 24.9. The predicted molar refractivity (Wildman–Crippen MR) is 99.1 cm³/mol. The Bertz CT molecular complexity index is 465. The van der Waals surface area contributed by atoms with Crippen molar-refractivity contribution in [1.29, 1.82) is 0 Å². The molecule has 3 rings (SSSR count). The monoisotopic (exact) mass is 387 g/mol. The van der Waals surface area contributed by atoms with E-state index < -0.39 is 0 Å². The zero-order valence-electron chi connectivity index (χ0n) is 13.3. The second-order valence-electron chi connectivity index (χ2n) is 6.44. The second kappa shape index (κ2) is 8.65. The Hall–Kier alpha value is -0.130. The van der Waals surface area contributed by atoms with Gasteiger partial charge in [-0.2, -0.15) is 0 Å². The van der Waals surface area contributed by atoms with Gasteiger partial charge in [0.25, 0.3) is 0 Å². The Kier molecular flexibility index (Phi) is 7.16. The van der Waals surface area contributed by atoms with Crippen molar-refractivity contribution in [3.05, 3.63) is 34.3 Å². The van der Waals surface area contributed by atoms with Gasteiger partial charge in [-0.3, -0.25) is 4.90 Å². The van der Waals surface area contributed by atoms with Crippen LogP contribution in [0, 0.1) is 0 Å². The Morgan fingerprint density at radius 1 is 1.27 bits per heavy atom. The molecule has 124 valence electrons. The van der Waals surface area contributed by atoms with Gasteiger partial charge >= 0.3 is 0 Å². The molecule has 2 saturated heterocycles. The first-order valence-electron chi connectivity index (χ1n) is 8.15. The van der Waals surface area contributed by atoms with E-state index in [1.165, 1.54) is 49.2 Å². The summed E-state index contributed by atoms with van der Waals surface area (Å²) < 4.78 is 1.19. The van der Waals surface area contributed by atoms with Crippen LogP contribution in [0.1, 0.15) is 24.8 Å². The van der Waals surface area contributed by atoms with Gasteiger partial charge in [-0.15, -0.1) is 12.4 Å². The maximum Gasteiger partial charge on any atom is 0.0236 e. The lowest BCUT2D eigenvalue weighted by atomic mass is 10.0. The maximum absolute atomic E-state index is 3.58. The highest BCUT2D eigenvalue weighted by atomic mass is 79.9. The molecule has 22 heavy (non-hydrogen) atoms. The third-order valence-corrected chi connectivity index (χ3v) is 5.36. The number of nitrogens with one attached hydrogen (secondary N) is 1. The summed E-state index contributed by atoms with van der Waals surface area (Å²) in [6.45, 7) is 10.8. The summed E-state index contributed by atoms with van der Waals surface area (Å²) in [6.07, 6.45) is 1.34. The van der Waals surface area contributed by atoms with Crippen LogP contribution in [-0.2, 0) is 0 Å². The van der Waals surface area contributed by atoms with E-state index in [1.807, 2.05) is 0 Å². The van der Waals surface area contributed by atoms with E-state index >= 15 is 0 Å². The molecule has 2 aliphatic rings. The summed E-state index contributed by atoms with van der Waals surface area (Å²) in [6, 6.07) is 9.53. The van der Waals surface area contributed by atoms with Crippen LogP contribution >= 0.6 is 28.3 Å². The van der Waals surface area contributed by atoms with Crippen molar-refractivity contribution in [2.24, 2.45) is 0 Å². The highest BCUT2D eigenvalue weighted by molar-refractivity contribution is 9.10. The standard InChI is InChI=1S/C17H26BrN3.ClH/c1-14(15-3-2-4-16(18)11-15)12-20-8-5-17(13-20)21-9-6-19-7-10-21;/h2-4,11,14,17,19H,5-10,12-13H2,1H3;1H. The molecule has 0 bridgehead atoms. The molecule has 2 atom stereocenters. The number of hydrogen-bond donors (Lipinski definition) is 1. The number of likely N-dealkylation sites (tertiary alicyclic amines) is 1. The lowest BCUT2D eigenvalue weighted by molar-refractivity contribution is 0.170. The second-order valence-corrected chi connectivity index (χ2v) is 7.36. The number of halogens is 2. The summed E-state index contributed by atoms with van der Waals surface area (Å²) in [5.74, 6) is 0.601. The quantitative estimate of drug-likeness (QED) is 0.855. The van der Waals surface area contributed by atoms with Crippen molar-refractivity contribution in [3.8, 4) is 0 Å². The fourth-order valence-corrected chi connectivity index (χ4v) is 4.05. The van der Waals surface area contributed by atoms with Crippen LogP contribution in [0.2, 0.25) is 0 Å². The lowest BCUT2D eigenvalue weighted by Gasteiger charge is -2.33. The van der Waals surface area contributed by atoms with Crippen LogP contribution in [0.5, 0.6) is 0 Å². The summed E-state index contributed by atoms with van der Waals surface area (Å²) >= 11 is 3.58. The van der Waals surface area contributed by atoms with E-state index in [-0.39, 0.29) is 12.4 Å². The van der Waals surface area contributed by atoms with Crippen molar-refractivity contribution in [2.45, 2.75) is 25.3 Å². The van der Waals surface area contributed by atoms with Gasteiger partial charge in [-0.05, 0) is 36.6 Å². The molecule has 2 heterocycles. The Morgan fingerprint density at radius 3 is 2.77 bits per heavy atom. The molecular weight excluding hydrogens is 362 g/mol. The van der Waals surface area contributed by atoms with E-state index in [0.29, 0.717) is 5.92 Å². The highest BCUT2D eigenvalue weighted by Gasteiger charge is 2.29. The molecule has 1 aromatic carbocycles. The number of nitrogens with zero attached hydrogens (tertiary/aromatic N) is 2. The van der Waals surface area contributed by atoms with Crippen LogP contribution in [0.15, 0.2) is 28.7 Å². The first-order valence-corrected chi connectivity index (χ1v) is 8.94. The average Bonchev–Trinajstić information content (AvgIpc) is 2.97. The zero-order chi connectivity index (χ0) is 14.7. The van der Waals surface area contributed by atoms with Crippen molar-refractivity contribution in [2.75, 3.05) is 45.8 Å². The Morgan fingerprint density at radius 2 is 2.05 bits per heavy atom. The van der Waals surface area contributed by atoms with Crippen LogP contribution in [0.3, 0.4) is 0 Å². The van der Waals surface area contributed by atoms with E-state index in [9.17, 15) is 0 Å². The SMILES string of the molecule is CC(CN1CCC(N2CCNCC2)C1)c1cccc(Br)c1.Cl. The minimum Gasteiger partial charge on any atom is -0.314 e. The average molecular weight is 389 g/mol. The van der Waals surface area contributed by atoms with Gasteiger partial charge in [-0.1, -0.05) is 35.0 Å². The van der Waals surface area contributed by atoms with Crippen molar-refractivity contribution in [1.82, 2.24) is 15.1 Å². The number of piperazine rings is 1. The molecular formula is C17H27BrClN3. The van der Waals surface area contributed by atoms with E-state index in [2.05, 4.69) is 62.2 Å². The molecule has 0 amide bonds. The van der Waals surface area contributed by atoms with E-state index in [1.54, 1.807) is 0 Å². The lowest BCUT2D eigenvalue weighted by Crippen LogP contribution is -2.49. The number of hydrogen-bond acceptors (Lipinski definition) is 3. The first-order chi connectivity index (χ1) is 10.2. The molecule has 2 aliphatic heterocycles. The predicted octanol–water partition coefficient (Wildman–Crippen LogP) is 2.95. The van der Waals surface area contributed by atoms with Gasteiger partial charge in [0.2, 0.25) is 0 Å². The molecule has 1 N–H and O–H groups in total. The fraction of sp³-hybridized carbons (Fsp3) is 0.647. The molecule has 5 heteroatoms. The minimum absolute atomic E-state index is 0. The largest absolute Gasteiger partial charge is 0.314 e. The molecule has 1 aromatic rings. The van der Waals surface area contributed by atoms with Gasteiger partial charge < -0.3 is 10.2 Å². The number of rotatable bonds is 4. The summed E-state index contributed by atoms with van der Waals surface area (Å²) in [4.78, 5) is 5.33. The number of benzene rings is 1. The third kappa shape index (κ3) is 4.68.